The van der Waals surface area contributed by atoms with Gasteiger partial charge in [0.1, 0.15) is 0 Å². The van der Waals surface area contributed by atoms with Gasteiger partial charge in [0, 0.05) is 10.9 Å². The molecule has 19 heavy (non-hydrogen) atoms. The molecule has 1 fully saturated rings. The molecule has 0 saturated carbocycles. The van der Waals surface area contributed by atoms with Gasteiger partial charge in [-0.2, -0.15) is 0 Å². The number of nitrogens with zero attached hydrogens (tertiary/aromatic N) is 2. The Kier molecular flexibility index (Phi) is 3.67. The van der Waals surface area contributed by atoms with Crippen molar-refractivity contribution in [1.29, 1.82) is 0 Å². The van der Waals surface area contributed by atoms with E-state index in [9.17, 15) is 0 Å². The quantitative estimate of drug-likeness (QED) is 0.809. The van der Waals surface area contributed by atoms with Crippen LogP contribution in [0.1, 0.15) is 24.8 Å². The molecule has 0 amide bonds. The fourth-order valence-corrected chi connectivity index (χ4v) is 4.24. The summed E-state index contributed by atoms with van der Waals surface area (Å²) in [6.45, 7) is 4.85. The van der Waals surface area contributed by atoms with Gasteiger partial charge in [-0.05, 0) is 56.6 Å². The maximum atomic E-state index is 4.81. The maximum Gasteiger partial charge on any atom is 0.0944 e. The Labute approximate surface area is 127 Å². The number of hydrogen-bond donors (Lipinski definition) is 0. The summed E-state index contributed by atoms with van der Waals surface area (Å²) >= 11 is 5.37. The minimum atomic E-state index is 0.428. The highest BCUT2D eigenvalue weighted by Gasteiger charge is 2.30. The van der Waals surface area contributed by atoms with Gasteiger partial charge in [0.2, 0.25) is 0 Å². The first-order valence-electron chi connectivity index (χ1n) is 6.78. The number of aromatic nitrogens is 1. The van der Waals surface area contributed by atoms with Crippen molar-refractivity contribution in [3.63, 3.8) is 0 Å². The summed E-state index contributed by atoms with van der Waals surface area (Å²) in [5, 5.41) is 1.29. The van der Waals surface area contributed by atoms with E-state index in [4.69, 9.17) is 4.98 Å². The first-order valence-corrected chi connectivity index (χ1v) is 8.39. The molecule has 3 rings (SSSR count). The predicted molar refractivity (Wildman–Crippen MR) is 85.9 cm³/mol. The predicted octanol–water partition coefficient (Wildman–Crippen LogP) is 4.33. The van der Waals surface area contributed by atoms with Crippen molar-refractivity contribution in [2.45, 2.75) is 26.2 Å². The molecule has 4 heteroatoms. The Bertz CT molecular complexity index is 585. The lowest BCUT2D eigenvalue weighted by atomic mass is 9.78. The number of benzene rings is 1. The first kappa shape index (κ1) is 13.5. The van der Waals surface area contributed by atoms with Crippen molar-refractivity contribution >= 4 is 37.5 Å². The minimum absolute atomic E-state index is 0.428. The van der Waals surface area contributed by atoms with Gasteiger partial charge in [0.25, 0.3) is 0 Å². The molecule has 0 spiro atoms. The van der Waals surface area contributed by atoms with E-state index in [1.807, 2.05) is 11.3 Å². The van der Waals surface area contributed by atoms with E-state index in [1.165, 1.54) is 35.6 Å². The highest BCUT2D eigenvalue weighted by atomic mass is 79.9. The van der Waals surface area contributed by atoms with Crippen LogP contribution in [0, 0.1) is 5.41 Å². The van der Waals surface area contributed by atoms with Crippen LogP contribution in [0.25, 0.3) is 10.2 Å². The zero-order valence-electron chi connectivity index (χ0n) is 11.4. The molecule has 1 saturated heterocycles. The lowest BCUT2D eigenvalue weighted by molar-refractivity contribution is 0.139. The SMILES string of the molecule is CN1CCC(C)(Cc2nc3cc(Br)ccc3s2)CC1. The molecule has 1 aromatic carbocycles. The molecule has 0 N–H and O–H groups in total. The average Bonchev–Trinajstić information content (AvgIpc) is 2.74. The normalized spacial score (nSPS) is 19.9. The van der Waals surface area contributed by atoms with Crippen LogP contribution in [0.3, 0.4) is 0 Å². The third-order valence-corrected chi connectivity index (χ3v) is 5.70. The fraction of sp³-hybridized carbons (Fsp3) is 0.533. The summed E-state index contributed by atoms with van der Waals surface area (Å²) in [7, 11) is 2.22. The van der Waals surface area contributed by atoms with Gasteiger partial charge >= 0.3 is 0 Å². The number of fused-ring (bicyclic) bond motifs is 1. The number of halogens is 1. The molecule has 2 heterocycles. The van der Waals surface area contributed by atoms with Crippen molar-refractivity contribution in [1.82, 2.24) is 9.88 Å². The molecule has 0 atom stereocenters. The Morgan fingerprint density at radius 3 is 2.84 bits per heavy atom. The fourth-order valence-electron chi connectivity index (χ4n) is 2.72. The highest BCUT2D eigenvalue weighted by molar-refractivity contribution is 9.10. The average molecular weight is 339 g/mol. The standard InChI is InChI=1S/C15H19BrN2S/c1-15(5-7-18(2)8-6-15)10-14-17-12-9-11(16)3-4-13(12)19-14/h3-4,9H,5-8,10H2,1-2H3. The molecule has 0 unspecified atom stereocenters. The maximum absolute atomic E-state index is 4.81. The molecule has 2 nitrogen and oxygen atoms in total. The Balaban J connectivity index is 1.81. The first-order chi connectivity index (χ1) is 9.04. The van der Waals surface area contributed by atoms with Crippen LogP contribution >= 0.6 is 27.3 Å². The van der Waals surface area contributed by atoms with E-state index in [1.54, 1.807) is 0 Å². The topological polar surface area (TPSA) is 16.1 Å². The number of rotatable bonds is 2. The third kappa shape index (κ3) is 3.01. The molecule has 0 radical (unpaired) electrons. The zero-order chi connectivity index (χ0) is 13.5. The number of hydrogen-bond acceptors (Lipinski definition) is 3. The van der Waals surface area contributed by atoms with Crippen molar-refractivity contribution < 1.29 is 0 Å². The Morgan fingerprint density at radius 1 is 1.37 bits per heavy atom. The van der Waals surface area contributed by atoms with Crippen molar-refractivity contribution in [3.05, 3.63) is 27.7 Å². The van der Waals surface area contributed by atoms with E-state index in [2.05, 4.69) is 53.0 Å². The lowest BCUT2D eigenvalue weighted by Gasteiger charge is -2.37. The Hall–Kier alpha value is -0.450. The zero-order valence-corrected chi connectivity index (χ0v) is 13.9. The second-order valence-corrected chi connectivity index (χ2v) is 8.04. The smallest absolute Gasteiger partial charge is 0.0944 e. The van der Waals surface area contributed by atoms with Crippen molar-refractivity contribution in [2.24, 2.45) is 5.41 Å². The summed E-state index contributed by atoms with van der Waals surface area (Å²) in [4.78, 5) is 7.23. The van der Waals surface area contributed by atoms with Crippen LogP contribution in [-0.4, -0.2) is 30.0 Å². The summed E-state index contributed by atoms with van der Waals surface area (Å²) in [6.07, 6.45) is 3.68. The second-order valence-electron chi connectivity index (χ2n) is 6.01. The molecular formula is C15H19BrN2S. The van der Waals surface area contributed by atoms with Crippen LogP contribution in [0.15, 0.2) is 22.7 Å². The van der Waals surface area contributed by atoms with E-state index in [-0.39, 0.29) is 0 Å². The van der Waals surface area contributed by atoms with Crippen LogP contribution in [0.2, 0.25) is 0 Å². The van der Waals surface area contributed by atoms with Crippen LogP contribution < -0.4 is 0 Å². The summed E-state index contributed by atoms with van der Waals surface area (Å²) in [5.41, 5.74) is 1.56. The van der Waals surface area contributed by atoms with Gasteiger partial charge in [-0.15, -0.1) is 11.3 Å². The second kappa shape index (κ2) is 5.15. The van der Waals surface area contributed by atoms with Crippen LogP contribution in [-0.2, 0) is 6.42 Å². The minimum Gasteiger partial charge on any atom is -0.306 e. The molecule has 1 aromatic heterocycles. The number of thiazole rings is 1. The van der Waals surface area contributed by atoms with Crippen molar-refractivity contribution in [3.8, 4) is 0 Å². The molecule has 2 aromatic rings. The van der Waals surface area contributed by atoms with E-state index in [0.29, 0.717) is 5.41 Å². The molecule has 102 valence electrons. The van der Waals surface area contributed by atoms with E-state index in [0.717, 1.165) is 16.4 Å². The summed E-state index contributed by atoms with van der Waals surface area (Å²) in [5.74, 6) is 0. The van der Waals surface area contributed by atoms with Gasteiger partial charge in [-0.1, -0.05) is 22.9 Å². The van der Waals surface area contributed by atoms with Gasteiger partial charge in [0.15, 0.2) is 0 Å². The van der Waals surface area contributed by atoms with Gasteiger partial charge in [0.05, 0.1) is 15.2 Å². The summed E-state index contributed by atoms with van der Waals surface area (Å²) in [6, 6.07) is 6.38. The third-order valence-electron chi connectivity index (χ3n) is 4.17. The number of likely N-dealkylation sites (tertiary alicyclic amines) is 1. The van der Waals surface area contributed by atoms with Crippen molar-refractivity contribution in [2.75, 3.05) is 20.1 Å². The lowest BCUT2D eigenvalue weighted by Crippen LogP contribution is -2.37. The van der Waals surface area contributed by atoms with Gasteiger partial charge < -0.3 is 4.90 Å². The highest BCUT2D eigenvalue weighted by Crippen LogP contribution is 2.36. The monoisotopic (exact) mass is 338 g/mol. The molecule has 1 aliphatic heterocycles. The summed E-state index contributed by atoms with van der Waals surface area (Å²) < 4.78 is 2.41. The van der Waals surface area contributed by atoms with Gasteiger partial charge in [-0.25, -0.2) is 4.98 Å². The largest absolute Gasteiger partial charge is 0.306 e. The molecule has 0 aliphatic carbocycles. The van der Waals surface area contributed by atoms with E-state index < -0.39 is 0 Å². The van der Waals surface area contributed by atoms with Gasteiger partial charge in [-0.3, -0.25) is 0 Å². The van der Waals surface area contributed by atoms with E-state index >= 15 is 0 Å². The molecule has 1 aliphatic rings. The number of piperidine rings is 1. The Morgan fingerprint density at radius 2 is 2.11 bits per heavy atom. The van der Waals surface area contributed by atoms with Crippen LogP contribution in [0.4, 0.5) is 0 Å². The molecule has 0 bridgehead atoms. The van der Waals surface area contributed by atoms with Crippen LogP contribution in [0.5, 0.6) is 0 Å². The molecular weight excluding hydrogens is 320 g/mol.